The molecule has 1 unspecified atom stereocenters. The summed E-state index contributed by atoms with van der Waals surface area (Å²) in [5.74, 6) is 0.701. The first-order chi connectivity index (χ1) is 7.75. The molecular weight excluding hydrogens is 202 g/mol. The van der Waals surface area contributed by atoms with Crippen LogP contribution in [-0.4, -0.2) is 49.4 Å². The maximum Gasteiger partial charge on any atom is 0.222 e. The Morgan fingerprint density at radius 3 is 3.19 bits per heavy atom. The number of fused-ring (bicyclic) bond motifs is 1. The van der Waals surface area contributed by atoms with Gasteiger partial charge in [0.25, 0.3) is 0 Å². The fraction of sp³-hybridized carbons (Fsp3) is 0.500. The Labute approximate surface area is 96.0 Å². The minimum Gasteiger partial charge on any atom is -0.472 e. The summed E-state index contributed by atoms with van der Waals surface area (Å²) in [6.07, 6.45) is 4.70. The highest BCUT2D eigenvalue weighted by Crippen LogP contribution is 2.17. The zero-order chi connectivity index (χ0) is 11.4. The highest BCUT2D eigenvalue weighted by molar-refractivity contribution is 5.82. The number of pyridine rings is 1. The Hall–Kier alpha value is -1.42. The van der Waals surface area contributed by atoms with Gasteiger partial charge in [-0.15, -0.1) is 0 Å². The predicted molar refractivity (Wildman–Crippen MR) is 64.3 cm³/mol. The van der Waals surface area contributed by atoms with Gasteiger partial charge in [0.2, 0.25) is 5.88 Å². The van der Waals surface area contributed by atoms with Crippen LogP contribution in [0.2, 0.25) is 0 Å². The molecule has 0 aromatic carbocycles. The third kappa shape index (κ3) is 2.79. The molecule has 0 saturated carbocycles. The van der Waals surface area contributed by atoms with Gasteiger partial charge < -0.3 is 9.64 Å². The lowest BCUT2D eigenvalue weighted by atomic mass is 10.2. The molecule has 1 atom stereocenters. The predicted octanol–water partition coefficient (Wildman–Crippen LogP) is 1.21. The second-order valence-electron chi connectivity index (χ2n) is 4.22. The molecule has 4 nitrogen and oxygen atoms in total. The van der Waals surface area contributed by atoms with Gasteiger partial charge >= 0.3 is 0 Å². The summed E-state index contributed by atoms with van der Waals surface area (Å²) in [6, 6.07) is 3.87. The lowest BCUT2D eigenvalue weighted by Gasteiger charge is -2.17. The first kappa shape index (κ1) is 11.1. The molecule has 0 N–H and O–H groups in total. The monoisotopic (exact) mass is 219 g/mol. The van der Waals surface area contributed by atoms with E-state index in [1.54, 1.807) is 6.20 Å². The van der Waals surface area contributed by atoms with Gasteiger partial charge in [0.1, 0.15) is 6.10 Å². The SMILES string of the molecule is CN(C)CCC1CN=Cc2cccnc2O1. The molecule has 2 heterocycles. The Morgan fingerprint density at radius 2 is 2.38 bits per heavy atom. The van der Waals surface area contributed by atoms with Crippen LogP contribution in [0.4, 0.5) is 0 Å². The number of rotatable bonds is 3. The summed E-state index contributed by atoms with van der Waals surface area (Å²) in [5.41, 5.74) is 0.967. The first-order valence-corrected chi connectivity index (χ1v) is 5.52. The average Bonchev–Trinajstić information content (AvgIpc) is 2.47. The molecule has 1 aromatic rings. The van der Waals surface area contributed by atoms with E-state index < -0.39 is 0 Å². The van der Waals surface area contributed by atoms with Crippen molar-refractivity contribution in [2.75, 3.05) is 27.2 Å². The van der Waals surface area contributed by atoms with E-state index in [9.17, 15) is 0 Å². The fourth-order valence-electron chi connectivity index (χ4n) is 1.62. The van der Waals surface area contributed by atoms with E-state index in [2.05, 4.69) is 29.0 Å². The molecule has 4 heteroatoms. The summed E-state index contributed by atoms with van der Waals surface area (Å²) in [7, 11) is 4.12. The lowest BCUT2D eigenvalue weighted by molar-refractivity contribution is 0.179. The maximum absolute atomic E-state index is 5.84. The van der Waals surface area contributed by atoms with Crippen LogP contribution in [0.1, 0.15) is 12.0 Å². The van der Waals surface area contributed by atoms with Gasteiger partial charge in [-0.25, -0.2) is 4.98 Å². The van der Waals surface area contributed by atoms with Gasteiger partial charge in [-0.1, -0.05) is 0 Å². The van der Waals surface area contributed by atoms with Gasteiger partial charge in [0, 0.05) is 19.0 Å². The van der Waals surface area contributed by atoms with Gasteiger partial charge in [-0.05, 0) is 32.6 Å². The standard InChI is InChI=1S/C12H17N3O/c1-15(2)7-5-11-9-13-8-10-4-3-6-14-12(10)16-11/h3-4,6,8,11H,5,7,9H2,1-2H3. The van der Waals surface area contributed by atoms with Crippen molar-refractivity contribution in [3.8, 4) is 5.88 Å². The summed E-state index contributed by atoms with van der Waals surface area (Å²) in [6.45, 7) is 1.71. The Kier molecular flexibility index (Phi) is 3.51. The first-order valence-electron chi connectivity index (χ1n) is 5.52. The van der Waals surface area contributed by atoms with Crippen molar-refractivity contribution in [1.29, 1.82) is 0 Å². The molecule has 16 heavy (non-hydrogen) atoms. The second-order valence-corrected chi connectivity index (χ2v) is 4.22. The van der Waals surface area contributed by atoms with Gasteiger partial charge in [0.05, 0.1) is 12.1 Å². The quantitative estimate of drug-likeness (QED) is 0.767. The van der Waals surface area contributed by atoms with Crippen LogP contribution in [0, 0.1) is 0 Å². The molecule has 1 aromatic heterocycles. The number of aliphatic imine (C=N–C) groups is 1. The molecule has 0 amide bonds. The highest BCUT2D eigenvalue weighted by Gasteiger charge is 2.15. The minimum atomic E-state index is 0.134. The van der Waals surface area contributed by atoms with Crippen molar-refractivity contribution in [2.24, 2.45) is 4.99 Å². The Bertz CT molecular complexity index is 376. The van der Waals surface area contributed by atoms with E-state index in [1.807, 2.05) is 18.3 Å². The molecule has 0 spiro atoms. The van der Waals surface area contributed by atoms with Crippen LogP contribution in [0.15, 0.2) is 23.3 Å². The van der Waals surface area contributed by atoms with E-state index in [0.717, 1.165) is 18.5 Å². The molecular formula is C12H17N3O. The van der Waals surface area contributed by atoms with Gasteiger partial charge in [-0.2, -0.15) is 0 Å². The highest BCUT2D eigenvalue weighted by atomic mass is 16.5. The molecule has 1 aliphatic heterocycles. The Morgan fingerprint density at radius 1 is 1.50 bits per heavy atom. The topological polar surface area (TPSA) is 37.7 Å². The van der Waals surface area contributed by atoms with Crippen molar-refractivity contribution in [2.45, 2.75) is 12.5 Å². The fourth-order valence-corrected chi connectivity index (χ4v) is 1.62. The number of ether oxygens (including phenoxy) is 1. The summed E-state index contributed by atoms with van der Waals surface area (Å²) in [4.78, 5) is 10.7. The van der Waals surface area contributed by atoms with E-state index in [1.165, 1.54) is 0 Å². The second kappa shape index (κ2) is 5.07. The summed E-state index contributed by atoms with van der Waals surface area (Å²) in [5, 5.41) is 0. The van der Waals surface area contributed by atoms with Crippen LogP contribution in [-0.2, 0) is 0 Å². The number of hydrogen-bond donors (Lipinski definition) is 0. The third-order valence-corrected chi connectivity index (χ3v) is 2.52. The molecule has 86 valence electrons. The van der Waals surface area contributed by atoms with Gasteiger partial charge in [0.15, 0.2) is 0 Å². The van der Waals surface area contributed by atoms with Gasteiger partial charge in [-0.3, -0.25) is 4.99 Å². The minimum absolute atomic E-state index is 0.134. The Balaban J connectivity index is 2.04. The van der Waals surface area contributed by atoms with Crippen LogP contribution in [0.25, 0.3) is 0 Å². The molecule has 0 aliphatic carbocycles. The van der Waals surface area contributed by atoms with Crippen molar-refractivity contribution in [3.63, 3.8) is 0 Å². The number of nitrogens with zero attached hydrogens (tertiary/aromatic N) is 3. The van der Waals surface area contributed by atoms with Crippen molar-refractivity contribution >= 4 is 6.21 Å². The maximum atomic E-state index is 5.84. The summed E-state index contributed by atoms with van der Waals surface area (Å²) < 4.78 is 5.84. The van der Waals surface area contributed by atoms with Crippen LogP contribution < -0.4 is 4.74 Å². The van der Waals surface area contributed by atoms with Crippen molar-refractivity contribution < 1.29 is 4.74 Å². The normalized spacial score (nSPS) is 19.1. The average molecular weight is 219 g/mol. The van der Waals surface area contributed by atoms with Crippen LogP contribution >= 0.6 is 0 Å². The van der Waals surface area contributed by atoms with Crippen molar-refractivity contribution in [1.82, 2.24) is 9.88 Å². The van der Waals surface area contributed by atoms with E-state index >= 15 is 0 Å². The smallest absolute Gasteiger partial charge is 0.222 e. The molecule has 0 bridgehead atoms. The number of hydrogen-bond acceptors (Lipinski definition) is 4. The molecule has 0 radical (unpaired) electrons. The number of aromatic nitrogens is 1. The summed E-state index contributed by atoms with van der Waals surface area (Å²) >= 11 is 0. The zero-order valence-corrected chi connectivity index (χ0v) is 9.76. The van der Waals surface area contributed by atoms with E-state index in [-0.39, 0.29) is 6.10 Å². The molecule has 0 fully saturated rings. The third-order valence-electron chi connectivity index (χ3n) is 2.52. The van der Waals surface area contributed by atoms with Crippen LogP contribution in [0.5, 0.6) is 5.88 Å². The molecule has 0 saturated heterocycles. The largest absolute Gasteiger partial charge is 0.472 e. The van der Waals surface area contributed by atoms with Crippen molar-refractivity contribution in [3.05, 3.63) is 23.9 Å². The lowest BCUT2D eigenvalue weighted by Crippen LogP contribution is -2.26. The molecule has 1 aliphatic rings. The molecule has 2 rings (SSSR count). The zero-order valence-electron chi connectivity index (χ0n) is 9.76. The van der Waals surface area contributed by atoms with E-state index in [0.29, 0.717) is 12.4 Å². The van der Waals surface area contributed by atoms with Crippen LogP contribution in [0.3, 0.4) is 0 Å². The van der Waals surface area contributed by atoms with E-state index in [4.69, 9.17) is 4.74 Å².